The number of benzene rings is 2. The van der Waals surface area contributed by atoms with Gasteiger partial charge < -0.3 is 15.4 Å². The van der Waals surface area contributed by atoms with Crippen LogP contribution in [0.2, 0.25) is 0 Å². The van der Waals surface area contributed by atoms with Gasteiger partial charge in [0.2, 0.25) is 0 Å². The Balaban J connectivity index is 1.65. The number of nitrogens with zero attached hydrogens (tertiary/aromatic N) is 2. The molecule has 0 bridgehead atoms. The highest BCUT2D eigenvalue weighted by Crippen LogP contribution is 2.19. The molecule has 0 spiro atoms. The molecule has 0 atom stereocenters. The van der Waals surface area contributed by atoms with Crippen molar-refractivity contribution in [1.82, 2.24) is 10.2 Å². The Morgan fingerprint density at radius 3 is 2.31 bits per heavy atom. The summed E-state index contributed by atoms with van der Waals surface area (Å²) >= 11 is 0. The zero-order chi connectivity index (χ0) is 20.8. The predicted octanol–water partition coefficient (Wildman–Crippen LogP) is 4.38. The van der Waals surface area contributed by atoms with E-state index in [2.05, 4.69) is 51.5 Å². The zero-order valence-electron chi connectivity index (χ0n) is 16.5. The second-order valence-corrected chi connectivity index (χ2v) is 6.73. The van der Waals surface area contributed by atoms with Gasteiger partial charge in [0.15, 0.2) is 11.5 Å². The molecule has 3 rings (SSSR count). The van der Waals surface area contributed by atoms with Gasteiger partial charge in [0.25, 0.3) is 5.91 Å². The zero-order valence-corrected chi connectivity index (χ0v) is 16.5. The number of amides is 1. The van der Waals surface area contributed by atoms with E-state index in [0.29, 0.717) is 23.0 Å². The minimum absolute atomic E-state index is 0.161. The van der Waals surface area contributed by atoms with Crippen molar-refractivity contribution in [2.75, 3.05) is 17.7 Å². The van der Waals surface area contributed by atoms with Crippen LogP contribution in [-0.4, -0.2) is 29.2 Å². The fraction of sp³-hybridized carbons (Fsp3) is 0.182. The molecule has 1 heterocycles. The molecule has 0 unspecified atom stereocenters. The number of esters is 1. The summed E-state index contributed by atoms with van der Waals surface area (Å²) in [5.41, 5.74) is 3.12. The van der Waals surface area contributed by atoms with Gasteiger partial charge in [-0.1, -0.05) is 32.0 Å². The normalized spacial score (nSPS) is 10.5. The van der Waals surface area contributed by atoms with Crippen molar-refractivity contribution in [2.24, 2.45) is 0 Å². The first-order valence-electron chi connectivity index (χ1n) is 9.16. The first-order valence-corrected chi connectivity index (χ1v) is 9.16. The number of rotatable bonds is 6. The molecule has 0 saturated carbocycles. The number of nitrogens with one attached hydrogen (secondary N) is 2. The molecular weight excluding hydrogens is 368 g/mol. The predicted molar refractivity (Wildman–Crippen MR) is 112 cm³/mol. The molecule has 0 aliphatic heterocycles. The molecule has 0 aliphatic carbocycles. The van der Waals surface area contributed by atoms with E-state index in [1.165, 1.54) is 18.7 Å². The number of carbonyl (C=O) groups is 2. The number of hydrogen-bond acceptors (Lipinski definition) is 6. The smallest absolute Gasteiger partial charge is 0.337 e. The highest BCUT2D eigenvalue weighted by Gasteiger charge is 2.11. The minimum Gasteiger partial charge on any atom is -0.465 e. The van der Waals surface area contributed by atoms with Crippen molar-refractivity contribution < 1.29 is 14.3 Å². The number of carbonyl (C=O) groups excluding carboxylic acids is 2. The van der Waals surface area contributed by atoms with E-state index in [-0.39, 0.29) is 5.69 Å². The van der Waals surface area contributed by atoms with E-state index in [1.54, 1.807) is 30.3 Å². The Hall–Kier alpha value is -3.74. The third kappa shape index (κ3) is 5.16. The first-order chi connectivity index (χ1) is 14.0. The van der Waals surface area contributed by atoms with E-state index in [1.807, 2.05) is 12.1 Å². The summed E-state index contributed by atoms with van der Waals surface area (Å²) in [4.78, 5) is 24.0. The highest BCUT2D eigenvalue weighted by atomic mass is 16.5. The molecule has 148 valence electrons. The van der Waals surface area contributed by atoms with Crippen LogP contribution in [0.1, 0.15) is 46.2 Å². The number of aromatic nitrogens is 2. The second kappa shape index (κ2) is 8.97. The maximum atomic E-state index is 12.4. The molecule has 29 heavy (non-hydrogen) atoms. The monoisotopic (exact) mass is 390 g/mol. The van der Waals surface area contributed by atoms with Gasteiger partial charge in [0, 0.05) is 11.4 Å². The van der Waals surface area contributed by atoms with Gasteiger partial charge in [0.1, 0.15) is 0 Å². The van der Waals surface area contributed by atoms with Crippen LogP contribution in [0.3, 0.4) is 0 Å². The summed E-state index contributed by atoms with van der Waals surface area (Å²) in [7, 11) is 1.30. The van der Waals surface area contributed by atoms with E-state index in [9.17, 15) is 9.59 Å². The van der Waals surface area contributed by atoms with Crippen molar-refractivity contribution in [3.8, 4) is 0 Å². The van der Waals surface area contributed by atoms with Gasteiger partial charge in [-0.15, -0.1) is 10.2 Å². The maximum Gasteiger partial charge on any atom is 0.337 e. The van der Waals surface area contributed by atoms with Crippen molar-refractivity contribution in [3.05, 3.63) is 77.5 Å². The van der Waals surface area contributed by atoms with Crippen molar-refractivity contribution >= 4 is 29.1 Å². The number of ether oxygens (including phenoxy) is 1. The fourth-order valence-corrected chi connectivity index (χ4v) is 2.66. The number of methoxy groups -OCH3 is 1. The molecule has 7 heteroatoms. The molecule has 0 radical (unpaired) electrons. The topological polar surface area (TPSA) is 93.2 Å². The average molecular weight is 390 g/mol. The van der Waals surface area contributed by atoms with Gasteiger partial charge in [-0.05, 0) is 53.9 Å². The second-order valence-electron chi connectivity index (χ2n) is 6.73. The van der Waals surface area contributed by atoms with Crippen LogP contribution >= 0.6 is 0 Å². The molecule has 1 aromatic heterocycles. The maximum absolute atomic E-state index is 12.4. The van der Waals surface area contributed by atoms with Gasteiger partial charge >= 0.3 is 5.97 Å². The van der Waals surface area contributed by atoms with Crippen LogP contribution in [0.5, 0.6) is 0 Å². The summed E-state index contributed by atoms with van der Waals surface area (Å²) < 4.78 is 4.68. The Kier molecular flexibility index (Phi) is 6.19. The lowest BCUT2D eigenvalue weighted by Crippen LogP contribution is -2.15. The Bertz CT molecular complexity index is 999. The van der Waals surface area contributed by atoms with Crippen molar-refractivity contribution in [1.29, 1.82) is 0 Å². The van der Waals surface area contributed by atoms with Crippen molar-refractivity contribution in [2.45, 2.75) is 19.8 Å². The van der Waals surface area contributed by atoms with Gasteiger partial charge in [-0.2, -0.15) is 0 Å². The van der Waals surface area contributed by atoms with Gasteiger partial charge in [-0.25, -0.2) is 4.79 Å². The molecule has 0 fully saturated rings. The summed E-state index contributed by atoms with van der Waals surface area (Å²) in [6.07, 6.45) is 0. The lowest BCUT2D eigenvalue weighted by atomic mass is 10.0. The molecular formula is C22H22N4O3. The van der Waals surface area contributed by atoms with Crippen LogP contribution in [0.25, 0.3) is 0 Å². The van der Waals surface area contributed by atoms with Crippen LogP contribution in [0.4, 0.5) is 17.2 Å². The Morgan fingerprint density at radius 1 is 0.931 bits per heavy atom. The third-order valence-electron chi connectivity index (χ3n) is 4.29. The third-order valence-corrected chi connectivity index (χ3v) is 4.29. The summed E-state index contributed by atoms with van der Waals surface area (Å²) in [6.45, 7) is 4.28. The molecule has 0 aliphatic rings. The van der Waals surface area contributed by atoms with Crippen molar-refractivity contribution in [3.63, 3.8) is 0 Å². The lowest BCUT2D eigenvalue weighted by Gasteiger charge is -2.09. The van der Waals surface area contributed by atoms with Crippen LogP contribution in [-0.2, 0) is 4.74 Å². The summed E-state index contributed by atoms with van der Waals surface area (Å²) in [6, 6.07) is 17.8. The molecule has 7 nitrogen and oxygen atoms in total. The molecule has 0 saturated heterocycles. The highest BCUT2D eigenvalue weighted by molar-refractivity contribution is 6.03. The number of anilines is 3. The molecule has 3 aromatic rings. The van der Waals surface area contributed by atoms with Gasteiger partial charge in [-0.3, -0.25) is 4.79 Å². The Labute approximate surface area is 169 Å². The minimum atomic E-state index is -0.474. The van der Waals surface area contributed by atoms with E-state index in [0.717, 1.165) is 5.69 Å². The molecule has 1 amide bonds. The largest absolute Gasteiger partial charge is 0.465 e. The van der Waals surface area contributed by atoms with E-state index < -0.39 is 11.9 Å². The Morgan fingerprint density at radius 2 is 1.69 bits per heavy atom. The van der Waals surface area contributed by atoms with E-state index in [4.69, 9.17) is 0 Å². The standard InChI is InChI=1S/C22H22N4O3/c1-14(2)15-7-9-17(10-8-15)23-20-12-11-19(25-26-20)21(27)24-18-6-4-5-16(13-18)22(28)29-3/h4-14H,1-3H3,(H,23,26)(H,24,27). The van der Waals surface area contributed by atoms with Crippen LogP contribution < -0.4 is 10.6 Å². The van der Waals surface area contributed by atoms with Gasteiger partial charge in [0.05, 0.1) is 12.7 Å². The fourth-order valence-electron chi connectivity index (χ4n) is 2.66. The molecule has 2 aromatic carbocycles. The summed E-state index contributed by atoms with van der Waals surface area (Å²) in [5.74, 6) is 0.103. The lowest BCUT2D eigenvalue weighted by molar-refractivity contribution is 0.0600. The summed E-state index contributed by atoms with van der Waals surface area (Å²) in [5, 5.41) is 13.9. The first kappa shape index (κ1) is 20.0. The van der Waals surface area contributed by atoms with Crippen LogP contribution in [0.15, 0.2) is 60.7 Å². The number of hydrogen-bond donors (Lipinski definition) is 2. The molecule has 2 N–H and O–H groups in total. The van der Waals surface area contributed by atoms with E-state index >= 15 is 0 Å². The average Bonchev–Trinajstić information content (AvgIpc) is 2.74. The quantitative estimate of drug-likeness (QED) is 0.607. The van der Waals surface area contributed by atoms with Crippen LogP contribution in [0, 0.1) is 0 Å². The SMILES string of the molecule is COC(=O)c1cccc(NC(=O)c2ccc(Nc3ccc(C(C)C)cc3)nn2)c1.